The summed E-state index contributed by atoms with van der Waals surface area (Å²) in [6.45, 7) is 0. The first-order valence-electron chi connectivity index (χ1n) is 5.23. The molecule has 0 bridgehead atoms. The summed E-state index contributed by atoms with van der Waals surface area (Å²) in [5, 5.41) is 1.03. The number of rotatable bonds is 4. The van der Waals surface area contributed by atoms with Gasteiger partial charge >= 0.3 is 112 Å². The van der Waals surface area contributed by atoms with Crippen molar-refractivity contribution in [1.29, 1.82) is 0 Å². The van der Waals surface area contributed by atoms with Crippen molar-refractivity contribution < 1.29 is 0 Å². The van der Waals surface area contributed by atoms with Crippen LogP contribution in [0, 0.1) is 0 Å². The standard InChI is InChI=1S/C14H13BrSe/c15-11-14(12-7-3-1-4-8-12)16-13-9-5-2-6-10-13/h1-10,14H,11H2. The minimum atomic E-state index is 0.492. The van der Waals surface area contributed by atoms with Crippen LogP contribution in [-0.4, -0.2) is 20.3 Å². The van der Waals surface area contributed by atoms with E-state index in [0.29, 0.717) is 19.8 Å². The zero-order valence-electron chi connectivity index (χ0n) is 8.84. The summed E-state index contributed by atoms with van der Waals surface area (Å²) in [5.74, 6) is 0. The topological polar surface area (TPSA) is 0 Å². The number of hydrogen-bond acceptors (Lipinski definition) is 0. The van der Waals surface area contributed by atoms with Crippen molar-refractivity contribution in [3.8, 4) is 0 Å². The Labute approximate surface area is 111 Å². The van der Waals surface area contributed by atoms with E-state index in [9.17, 15) is 0 Å². The van der Waals surface area contributed by atoms with Crippen molar-refractivity contribution in [3.63, 3.8) is 0 Å². The van der Waals surface area contributed by atoms with Crippen LogP contribution in [0.3, 0.4) is 0 Å². The molecule has 16 heavy (non-hydrogen) atoms. The van der Waals surface area contributed by atoms with Crippen LogP contribution in [0.15, 0.2) is 60.7 Å². The first-order chi connectivity index (χ1) is 7.90. The average Bonchev–Trinajstić information content (AvgIpc) is 2.38. The second-order valence-electron chi connectivity index (χ2n) is 3.48. The normalized spacial score (nSPS) is 12.3. The molecule has 0 radical (unpaired) electrons. The quantitative estimate of drug-likeness (QED) is 0.593. The van der Waals surface area contributed by atoms with Gasteiger partial charge in [-0.3, -0.25) is 0 Å². The van der Waals surface area contributed by atoms with Crippen molar-refractivity contribution in [2.45, 2.75) is 4.82 Å². The van der Waals surface area contributed by atoms with E-state index < -0.39 is 0 Å². The summed E-state index contributed by atoms with van der Waals surface area (Å²) in [6, 6.07) is 21.5. The van der Waals surface area contributed by atoms with Crippen molar-refractivity contribution >= 4 is 35.3 Å². The monoisotopic (exact) mass is 340 g/mol. The molecule has 0 saturated heterocycles. The third-order valence-electron chi connectivity index (χ3n) is 2.33. The maximum atomic E-state index is 3.63. The van der Waals surface area contributed by atoms with Gasteiger partial charge in [-0.2, -0.15) is 0 Å². The Kier molecular flexibility index (Phi) is 4.65. The molecular formula is C14H13BrSe. The van der Waals surface area contributed by atoms with Gasteiger partial charge in [-0.05, 0) is 0 Å². The predicted octanol–water partition coefficient (Wildman–Crippen LogP) is 3.15. The van der Waals surface area contributed by atoms with Crippen LogP contribution < -0.4 is 4.46 Å². The average molecular weight is 340 g/mol. The van der Waals surface area contributed by atoms with Gasteiger partial charge in [0.2, 0.25) is 0 Å². The molecule has 0 N–H and O–H groups in total. The molecule has 2 aromatic carbocycles. The Hall–Kier alpha value is -0.561. The molecule has 1 unspecified atom stereocenters. The Balaban J connectivity index is 2.13. The van der Waals surface area contributed by atoms with E-state index >= 15 is 0 Å². The zero-order chi connectivity index (χ0) is 11.2. The summed E-state index contributed by atoms with van der Waals surface area (Å²) in [5.41, 5.74) is 1.43. The van der Waals surface area contributed by atoms with E-state index in [0.717, 1.165) is 5.33 Å². The van der Waals surface area contributed by atoms with E-state index in [1.165, 1.54) is 10.0 Å². The molecule has 0 aromatic heterocycles. The SMILES string of the molecule is BrCC([Se]c1ccccc1)c1ccccc1. The molecule has 0 aliphatic rings. The second-order valence-corrected chi connectivity index (χ2v) is 6.81. The van der Waals surface area contributed by atoms with Gasteiger partial charge in [-0.1, -0.05) is 0 Å². The van der Waals surface area contributed by atoms with Gasteiger partial charge in [0.25, 0.3) is 0 Å². The van der Waals surface area contributed by atoms with Gasteiger partial charge < -0.3 is 0 Å². The molecule has 0 spiro atoms. The molecule has 2 heteroatoms. The summed E-state index contributed by atoms with van der Waals surface area (Å²) >= 11 is 4.12. The molecule has 0 aliphatic heterocycles. The summed E-state index contributed by atoms with van der Waals surface area (Å²) in [7, 11) is 0. The zero-order valence-corrected chi connectivity index (χ0v) is 12.1. The Morgan fingerprint density at radius 2 is 1.44 bits per heavy atom. The first kappa shape index (κ1) is 11.9. The number of benzene rings is 2. The molecule has 0 fully saturated rings. The van der Waals surface area contributed by atoms with Crippen molar-refractivity contribution in [2.24, 2.45) is 0 Å². The third kappa shape index (κ3) is 3.21. The van der Waals surface area contributed by atoms with Crippen LogP contribution in [0.2, 0.25) is 0 Å². The van der Waals surface area contributed by atoms with Gasteiger partial charge in [0, 0.05) is 0 Å². The van der Waals surface area contributed by atoms with Crippen LogP contribution in [-0.2, 0) is 0 Å². The van der Waals surface area contributed by atoms with E-state index in [1.54, 1.807) is 0 Å². The summed E-state index contributed by atoms with van der Waals surface area (Å²) in [4.78, 5) is 0.621. The van der Waals surface area contributed by atoms with Gasteiger partial charge in [0.15, 0.2) is 0 Å². The van der Waals surface area contributed by atoms with Crippen molar-refractivity contribution in [3.05, 3.63) is 66.2 Å². The molecule has 0 heterocycles. The van der Waals surface area contributed by atoms with Gasteiger partial charge in [-0.15, -0.1) is 0 Å². The minimum absolute atomic E-state index is 0.492. The van der Waals surface area contributed by atoms with Gasteiger partial charge in [0.1, 0.15) is 0 Å². The molecule has 2 rings (SSSR count). The van der Waals surface area contributed by atoms with Crippen LogP contribution in [0.1, 0.15) is 10.4 Å². The molecule has 0 amide bonds. The van der Waals surface area contributed by atoms with Crippen molar-refractivity contribution in [1.82, 2.24) is 0 Å². The van der Waals surface area contributed by atoms with Crippen molar-refractivity contribution in [2.75, 3.05) is 5.33 Å². The number of hydrogen-bond donors (Lipinski definition) is 0. The van der Waals surface area contributed by atoms with Gasteiger partial charge in [0.05, 0.1) is 0 Å². The van der Waals surface area contributed by atoms with E-state index in [4.69, 9.17) is 0 Å². The van der Waals surface area contributed by atoms with Crippen LogP contribution in [0.4, 0.5) is 0 Å². The van der Waals surface area contributed by atoms with Crippen LogP contribution >= 0.6 is 15.9 Å². The Bertz CT molecular complexity index is 413. The predicted molar refractivity (Wildman–Crippen MR) is 74.8 cm³/mol. The Morgan fingerprint density at radius 3 is 2.00 bits per heavy atom. The maximum absolute atomic E-state index is 3.63. The third-order valence-corrected chi connectivity index (χ3v) is 6.60. The molecule has 1 atom stereocenters. The summed E-state index contributed by atoms with van der Waals surface area (Å²) < 4.78 is 1.46. The molecular weight excluding hydrogens is 327 g/mol. The second kappa shape index (κ2) is 6.24. The molecule has 0 saturated carbocycles. The Morgan fingerprint density at radius 1 is 0.875 bits per heavy atom. The summed E-state index contributed by atoms with van der Waals surface area (Å²) in [6.07, 6.45) is 0. The molecule has 2 aromatic rings. The van der Waals surface area contributed by atoms with Gasteiger partial charge in [-0.25, -0.2) is 0 Å². The fraction of sp³-hybridized carbons (Fsp3) is 0.143. The van der Waals surface area contributed by atoms with Crippen LogP contribution in [0.25, 0.3) is 0 Å². The van der Waals surface area contributed by atoms with E-state index in [1.807, 2.05) is 0 Å². The fourth-order valence-corrected chi connectivity index (χ4v) is 4.68. The fourth-order valence-electron chi connectivity index (χ4n) is 1.52. The van der Waals surface area contributed by atoms with Crippen LogP contribution in [0.5, 0.6) is 0 Å². The number of halogens is 1. The molecule has 0 aliphatic carbocycles. The molecule has 82 valence electrons. The number of alkyl halides is 1. The first-order valence-corrected chi connectivity index (χ1v) is 8.19. The molecule has 0 nitrogen and oxygen atoms in total. The van der Waals surface area contributed by atoms with E-state index in [2.05, 4.69) is 76.6 Å². The van der Waals surface area contributed by atoms with E-state index in [-0.39, 0.29) is 0 Å².